The van der Waals surface area contributed by atoms with Gasteiger partial charge in [0.15, 0.2) is 21.2 Å². The summed E-state index contributed by atoms with van der Waals surface area (Å²) in [5.41, 5.74) is 2.84. The van der Waals surface area contributed by atoms with E-state index in [1.54, 1.807) is 38.4 Å². The van der Waals surface area contributed by atoms with Gasteiger partial charge in [0.25, 0.3) is 5.56 Å². The molecule has 1 fully saturated rings. The normalized spacial score (nSPS) is 17.0. The maximum Gasteiger partial charge on any atom is 0.292 e. The van der Waals surface area contributed by atoms with Crippen molar-refractivity contribution in [2.45, 2.75) is 25.0 Å². The minimum atomic E-state index is -3.23. The zero-order valence-corrected chi connectivity index (χ0v) is 18.0. The molecule has 0 aliphatic carbocycles. The van der Waals surface area contributed by atoms with Gasteiger partial charge in [-0.2, -0.15) is 0 Å². The maximum absolute atomic E-state index is 12.2. The summed E-state index contributed by atoms with van der Waals surface area (Å²) in [5.74, 6) is 0.805. The number of hydrogen-bond acceptors (Lipinski definition) is 7. The van der Waals surface area contributed by atoms with Crippen LogP contribution in [0.3, 0.4) is 0 Å². The number of hydrogen-bond donors (Lipinski definition) is 0. The Bertz CT molecular complexity index is 1250. The van der Waals surface area contributed by atoms with Crippen molar-refractivity contribution in [2.75, 3.05) is 26.1 Å². The number of pyridine rings is 1. The van der Waals surface area contributed by atoms with Crippen LogP contribution in [0.4, 0.5) is 0 Å². The van der Waals surface area contributed by atoms with Crippen LogP contribution in [-0.2, 0) is 27.4 Å². The summed E-state index contributed by atoms with van der Waals surface area (Å²) in [6.45, 7) is 2.84. The van der Waals surface area contributed by atoms with E-state index in [1.165, 1.54) is 11.7 Å². The second-order valence-electron chi connectivity index (χ2n) is 7.49. The maximum atomic E-state index is 12.2. The van der Waals surface area contributed by atoms with Gasteiger partial charge in [0.1, 0.15) is 5.52 Å². The van der Waals surface area contributed by atoms with Crippen LogP contribution < -0.4 is 10.3 Å². The Morgan fingerprint density at radius 3 is 2.77 bits per heavy atom. The number of rotatable bonds is 6. The molecule has 0 radical (unpaired) electrons. The highest BCUT2D eigenvalue weighted by atomic mass is 32.2. The van der Waals surface area contributed by atoms with Crippen molar-refractivity contribution in [1.29, 1.82) is 0 Å². The molecule has 3 aromatic rings. The first-order valence-electron chi connectivity index (χ1n) is 9.78. The summed E-state index contributed by atoms with van der Waals surface area (Å²) < 4.78 is 42.7. The Hall–Kier alpha value is -2.65. The molecular formula is C21H24N2O6S. The molecule has 0 bridgehead atoms. The highest BCUT2D eigenvalue weighted by Crippen LogP contribution is 2.35. The monoisotopic (exact) mass is 432 g/mol. The van der Waals surface area contributed by atoms with E-state index in [0.717, 1.165) is 6.42 Å². The molecule has 8 nitrogen and oxygen atoms in total. The Balaban J connectivity index is 1.93. The van der Waals surface area contributed by atoms with Gasteiger partial charge in [-0.1, -0.05) is 6.92 Å². The van der Waals surface area contributed by atoms with Crippen molar-refractivity contribution < 1.29 is 22.3 Å². The number of benzene rings is 1. The van der Waals surface area contributed by atoms with E-state index < -0.39 is 9.84 Å². The first-order valence-corrected chi connectivity index (χ1v) is 11.6. The SMILES string of the molecule is CCS(=O)(=O)Cc1cc(-c2cc(OC)c(=O)n(C)c2)c2oc(C3CCOC3)nc2c1. The molecule has 1 unspecified atom stereocenters. The number of methoxy groups -OCH3 is 1. The molecule has 1 aromatic carbocycles. The number of fused-ring (bicyclic) bond motifs is 1. The number of sulfone groups is 1. The highest BCUT2D eigenvalue weighted by Gasteiger charge is 2.25. The van der Waals surface area contributed by atoms with Crippen LogP contribution in [0.5, 0.6) is 5.75 Å². The van der Waals surface area contributed by atoms with Gasteiger partial charge < -0.3 is 18.5 Å². The van der Waals surface area contributed by atoms with E-state index in [9.17, 15) is 13.2 Å². The van der Waals surface area contributed by atoms with Gasteiger partial charge in [0, 0.05) is 36.7 Å². The van der Waals surface area contributed by atoms with Crippen molar-refractivity contribution >= 4 is 20.9 Å². The minimum absolute atomic E-state index is 0.0531. The molecule has 30 heavy (non-hydrogen) atoms. The lowest BCUT2D eigenvalue weighted by molar-refractivity contribution is 0.191. The first kappa shape index (κ1) is 20.6. The molecule has 0 amide bonds. The number of ether oxygens (including phenoxy) is 2. The molecule has 9 heteroatoms. The average molecular weight is 432 g/mol. The van der Waals surface area contributed by atoms with Crippen LogP contribution in [0.2, 0.25) is 0 Å². The number of oxazole rings is 1. The molecular weight excluding hydrogens is 408 g/mol. The van der Waals surface area contributed by atoms with Gasteiger partial charge in [-0.15, -0.1) is 0 Å². The number of aromatic nitrogens is 2. The van der Waals surface area contributed by atoms with Gasteiger partial charge in [-0.05, 0) is 30.2 Å². The Morgan fingerprint density at radius 2 is 2.10 bits per heavy atom. The predicted molar refractivity (Wildman–Crippen MR) is 113 cm³/mol. The molecule has 160 valence electrons. The van der Waals surface area contributed by atoms with E-state index in [2.05, 4.69) is 4.98 Å². The van der Waals surface area contributed by atoms with Crippen LogP contribution in [-0.4, -0.2) is 44.0 Å². The third-order valence-corrected chi connectivity index (χ3v) is 7.01. The fourth-order valence-corrected chi connectivity index (χ4v) is 4.52. The van der Waals surface area contributed by atoms with E-state index >= 15 is 0 Å². The summed E-state index contributed by atoms with van der Waals surface area (Å²) in [7, 11) is -0.160. The van der Waals surface area contributed by atoms with Crippen molar-refractivity contribution in [3.05, 3.63) is 46.2 Å². The Kier molecular flexibility index (Phi) is 5.42. The van der Waals surface area contributed by atoms with Crippen molar-refractivity contribution in [1.82, 2.24) is 9.55 Å². The van der Waals surface area contributed by atoms with E-state index in [1.807, 2.05) is 0 Å². The van der Waals surface area contributed by atoms with Gasteiger partial charge in [0.05, 0.1) is 25.4 Å². The Labute approximate surface area is 174 Å². The zero-order valence-electron chi connectivity index (χ0n) is 17.2. The third kappa shape index (κ3) is 3.87. The zero-order chi connectivity index (χ0) is 21.5. The van der Waals surface area contributed by atoms with Gasteiger partial charge in [0.2, 0.25) is 5.89 Å². The summed E-state index contributed by atoms with van der Waals surface area (Å²) >= 11 is 0. The summed E-state index contributed by atoms with van der Waals surface area (Å²) in [5, 5.41) is 0. The third-order valence-electron chi connectivity index (χ3n) is 5.35. The second kappa shape index (κ2) is 7.88. The molecule has 4 rings (SSSR count). The lowest BCUT2D eigenvalue weighted by Crippen LogP contribution is -2.17. The molecule has 3 heterocycles. The second-order valence-corrected chi connectivity index (χ2v) is 9.85. The lowest BCUT2D eigenvalue weighted by atomic mass is 10.0. The summed E-state index contributed by atoms with van der Waals surface area (Å²) in [6.07, 6.45) is 2.51. The van der Waals surface area contributed by atoms with Crippen molar-refractivity contribution in [3.8, 4) is 16.9 Å². The smallest absolute Gasteiger partial charge is 0.292 e. The van der Waals surface area contributed by atoms with Crippen LogP contribution in [0.1, 0.15) is 30.7 Å². The molecule has 1 aliphatic rings. The van der Waals surface area contributed by atoms with Gasteiger partial charge in [-0.3, -0.25) is 4.79 Å². The largest absolute Gasteiger partial charge is 0.491 e. The first-order chi connectivity index (χ1) is 14.3. The predicted octanol–water partition coefficient (Wildman–Crippen LogP) is 2.64. The fraction of sp³-hybridized carbons (Fsp3) is 0.429. The molecule has 1 saturated heterocycles. The summed E-state index contributed by atoms with van der Waals surface area (Å²) in [6, 6.07) is 5.18. The van der Waals surface area contributed by atoms with Crippen LogP contribution >= 0.6 is 0 Å². The topological polar surface area (TPSA) is 101 Å². The summed E-state index contributed by atoms with van der Waals surface area (Å²) in [4.78, 5) is 16.9. The fourth-order valence-electron chi connectivity index (χ4n) is 3.64. The molecule has 2 aromatic heterocycles. The molecule has 1 aliphatic heterocycles. The quantitative estimate of drug-likeness (QED) is 0.590. The average Bonchev–Trinajstić information content (AvgIpc) is 3.38. The Morgan fingerprint density at radius 1 is 1.30 bits per heavy atom. The number of nitrogens with zero attached hydrogens (tertiary/aromatic N) is 2. The van der Waals surface area contributed by atoms with E-state index in [-0.39, 0.29) is 28.7 Å². The van der Waals surface area contributed by atoms with Gasteiger partial charge >= 0.3 is 0 Å². The highest BCUT2D eigenvalue weighted by molar-refractivity contribution is 7.90. The molecule has 0 spiro atoms. The van der Waals surface area contributed by atoms with Crippen molar-refractivity contribution in [3.63, 3.8) is 0 Å². The minimum Gasteiger partial charge on any atom is -0.491 e. The van der Waals surface area contributed by atoms with E-state index in [4.69, 9.17) is 13.9 Å². The van der Waals surface area contributed by atoms with Crippen LogP contribution in [0.15, 0.2) is 33.6 Å². The van der Waals surface area contributed by atoms with Crippen LogP contribution in [0, 0.1) is 0 Å². The van der Waals surface area contributed by atoms with E-state index in [0.29, 0.717) is 46.9 Å². The molecule has 0 N–H and O–H groups in total. The lowest BCUT2D eigenvalue weighted by Gasteiger charge is -2.10. The molecule has 0 saturated carbocycles. The van der Waals surface area contributed by atoms with Crippen molar-refractivity contribution in [2.24, 2.45) is 7.05 Å². The number of aryl methyl sites for hydroxylation is 1. The van der Waals surface area contributed by atoms with Crippen LogP contribution in [0.25, 0.3) is 22.2 Å². The standard InChI is InChI=1S/C21H24N2O6S/c1-4-30(25,26)12-13-7-16(15-9-18(27-3)21(24)23(2)10-15)19-17(8-13)22-20(29-19)14-5-6-28-11-14/h7-10,14H,4-6,11-12H2,1-3H3. The van der Waals surface area contributed by atoms with Gasteiger partial charge in [-0.25, -0.2) is 13.4 Å². The molecule has 1 atom stereocenters.